The molecule has 1 aliphatic carbocycles. The summed E-state index contributed by atoms with van der Waals surface area (Å²) >= 11 is 3.62. The third kappa shape index (κ3) is 5.41. The van der Waals surface area contributed by atoms with Crippen molar-refractivity contribution in [2.75, 3.05) is 7.11 Å². The highest BCUT2D eigenvalue weighted by atomic mass is 79.9. The molecule has 0 radical (unpaired) electrons. The Kier molecular flexibility index (Phi) is 8.13. The molecular weight excluding hydrogens is 524 g/mol. The molecule has 7 heteroatoms. The molecule has 0 amide bonds. The van der Waals surface area contributed by atoms with Gasteiger partial charge in [0.25, 0.3) is 0 Å². The Hall–Kier alpha value is -2.93. The Balaban J connectivity index is 2.11. The number of carbonyl (C=O) groups excluding carboxylic acids is 3. The first kappa shape index (κ1) is 27.7. The predicted octanol–water partition coefficient (Wildman–Crippen LogP) is 5.97. The summed E-state index contributed by atoms with van der Waals surface area (Å²) in [5.41, 5.74) is 4.39. The van der Waals surface area contributed by atoms with Crippen molar-refractivity contribution < 1.29 is 28.6 Å². The lowest BCUT2D eigenvalue weighted by molar-refractivity contribution is -0.179. The van der Waals surface area contributed by atoms with Crippen LogP contribution < -0.4 is 0 Å². The number of carbonyl (C=O) groups is 3. The molecule has 0 bridgehead atoms. The van der Waals surface area contributed by atoms with Crippen molar-refractivity contribution in [3.05, 3.63) is 69.8 Å². The Morgan fingerprint density at radius 3 is 1.81 bits per heavy atom. The van der Waals surface area contributed by atoms with E-state index in [0.717, 1.165) is 27.8 Å². The molecule has 0 saturated heterocycles. The summed E-state index contributed by atoms with van der Waals surface area (Å²) in [5, 5.41) is 0.628. The molecule has 0 fully saturated rings. The summed E-state index contributed by atoms with van der Waals surface area (Å²) in [4.78, 5) is 35.8. The Labute approximate surface area is 221 Å². The van der Waals surface area contributed by atoms with Crippen LogP contribution in [0.2, 0.25) is 0 Å². The predicted molar refractivity (Wildman–Crippen MR) is 143 cm³/mol. The standard InChI is InChI=1S/C29H33BrO6/c1-17(31)35-25-26(36-18(2)32)29(5,6)24-15-22(16-30)21(14-23(24)28(25,3)4)13-10-19-8-11-20(12-9-19)27(33)34-7/h8-15,25-26H,16H2,1-7H3/t25-,26+/m1/s1. The van der Waals surface area contributed by atoms with Crippen molar-refractivity contribution in [3.8, 4) is 0 Å². The van der Waals surface area contributed by atoms with Gasteiger partial charge in [-0.1, -0.05) is 80.0 Å². The van der Waals surface area contributed by atoms with E-state index >= 15 is 0 Å². The first-order valence-electron chi connectivity index (χ1n) is 11.8. The van der Waals surface area contributed by atoms with Gasteiger partial charge in [-0.2, -0.15) is 0 Å². The lowest BCUT2D eigenvalue weighted by atomic mass is 9.59. The molecule has 0 N–H and O–H groups in total. The summed E-state index contributed by atoms with van der Waals surface area (Å²) in [6.07, 6.45) is 2.73. The molecule has 1 aliphatic rings. The monoisotopic (exact) mass is 556 g/mol. The van der Waals surface area contributed by atoms with E-state index in [1.54, 1.807) is 12.1 Å². The topological polar surface area (TPSA) is 78.9 Å². The van der Waals surface area contributed by atoms with E-state index in [-0.39, 0.29) is 5.97 Å². The summed E-state index contributed by atoms with van der Waals surface area (Å²) in [7, 11) is 1.36. The lowest BCUT2D eigenvalue weighted by Crippen LogP contribution is -2.59. The molecule has 3 rings (SSSR count). The van der Waals surface area contributed by atoms with Crippen LogP contribution >= 0.6 is 15.9 Å². The van der Waals surface area contributed by atoms with Crippen molar-refractivity contribution in [2.24, 2.45) is 0 Å². The number of rotatable bonds is 6. The fourth-order valence-electron chi connectivity index (χ4n) is 4.87. The van der Waals surface area contributed by atoms with Gasteiger partial charge in [0.15, 0.2) is 0 Å². The molecule has 0 heterocycles. The van der Waals surface area contributed by atoms with Crippen LogP contribution in [-0.2, 0) is 40.0 Å². The van der Waals surface area contributed by atoms with Crippen LogP contribution in [0.3, 0.4) is 0 Å². The zero-order valence-corrected chi connectivity index (χ0v) is 23.4. The highest BCUT2D eigenvalue weighted by Gasteiger charge is 2.55. The molecule has 192 valence electrons. The van der Waals surface area contributed by atoms with Gasteiger partial charge in [-0.15, -0.1) is 0 Å². The molecule has 0 aliphatic heterocycles. The van der Waals surface area contributed by atoms with E-state index < -0.39 is 35.0 Å². The molecule has 0 spiro atoms. The van der Waals surface area contributed by atoms with E-state index in [1.807, 2.05) is 52.0 Å². The van der Waals surface area contributed by atoms with Crippen molar-refractivity contribution >= 4 is 46.0 Å². The zero-order chi connectivity index (χ0) is 26.8. The lowest BCUT2D eigenvalue weighted by Gasteiger charge is -2.51. The average molecular weight is 557 g/mol. The van der Waals surface area contributed by atoms with Gasteiger partial charge < -0.3 is 14.2 Å². The minimum absolute atomic E-state index is 0.374. The number of benzene rings is 2. The fourth-order valence-corrected chi connectivity index (χ4v) is 5.36. The van der Waals surface area contributed by atoms with Gasteiger partial charge in [-0.3, -0.25) is 9.59 Å². The first-order valence-corrected chi connectivity index (χ1v) is 12.9. The maximum atomic E-state index is 12.1. The smallest absolute Gasteiger partial charge is 0.337 e. The third-order valence-electron chi connectivity index (χ3n) is 6.88. The van der Waals surface area contributed by atoms with Crippen LogP contribution in [0.1, 0.15) is 79.7 Å². The quantitative estimate of drug-likeness (QED) is 0.189. The average Bonchev–Trinajstić information content (AvgIpc) is 2.82. The highest BCUT2D eigenvalue weighted by molar-refractivity contribution is 9.08. The second-order valence-corrected chi connectivity index (χ2v) is 10.7. The number of hydrogen-bond acceptors (Lipinski definition) is 6. The van der Waals surface area contributed by atoms with Gasteiger partial charge in [0.05, 0.1) is 12.7 Å². The largest absolute Gasteiger partial charge is 0.465 e. The number of hydrogen-bond donors (Lipinski definition) is 0. The van der Waals surface area contributed by atoms with Gasteiger partial charge in [-0.25, -0.2) is 4.79 Å². The maximum absolute atomic E-state index is 12.1. The number of esters is 3. The summed E-state index contributed by atoms with van der Waals surface area (Å²) in [6, 6.07) is 11.5. The first-order chi connectivity index (χ1) is 16.8. The molecule has 2 atom stereocenters. The van der Waals surface area contributed by atoms with E-state index in [2.05, 4.69) is 28.1 Å². The maximum Gasteiger partial charge on any atom is 0.337 e. The third-order valence-corrected chi connectivity index (χ3v) is 7.49. The van der Waals surface area contributed by atoms with Crippen molar-refractivity contribution in [2.45, 2.75) is 69.9 Å². The number of halogens is 1. The van der Waals surface area contributed by atoms with Gasteiger partial charge in [0.2, 0.25) is 0 Å². The minimum Gasteiger partial charge on any atom is -0.465 e. The highest BCUT2D eigenvalue weighted by Crippen LogP contribution is 2.49. The Morgan fingerprint density at radius 1 is 0.861 bits per heavy atom. The summed E-state index contributed by atoms with van der Waals surface area (Å²) in [6.45, 7) is 10.8. The van der Waals surface area contributed by atoms with Gasteiger partial charge in [0.1, 0.15) is 12.2 Å². The van der Waals surface area contributed by atoms with Crippen LogP contribution in [0.4, 0.5) is 0 Å². The minimum atomic E-state index is -0.654. The number of methoxy groups -OCH3 is 1. The second kappa shape index (κ2) is 10.6. The zero-order valence-electron chi connectivity index (χ0n) is 21.8. The van der Waals surface area contributed by atoms with Crippen molar-refractivity contribution in [1.29, 1.82) is 0 Å². The fraction of sp³-hybridized carbons (Fsp3) is 0.414. The van der Waals surface area contributed by atoms with E-state index in [9.17, 15) is 14.4 Å². The Morgan fingerprint density at radius 2 is 1.36 bits per heavy atom. The van der Waals surface area contributed by atoms with Crippen LogP contribution in [0.15, 0.2) is 36.4 Å². The van der Waals surface area contributed by atoms with E-state index in [0.29, 0.717) is 10.9 Å². The van der Waals surface area contributed by atoms with Crippen molar-refractivity contribution in [1.82, 2.24) is 0 Å². The van der Waals surface area contributed by atoms with Crippen LogP contribution in [0.5, 0.6) is 0 Å². The molecule has 0 aromatic heterocycles. The Bertz CT molecular complexity index is 1190. The second-order valence-electron chi connectivity index (χ2n) is 10.2. The summed E-state index contributed by atoms with van der Waals surface area (Å²) in [5.74, 6) is -1.21. The number of ether oxygens (including phenoxy) is 3. The summed E-state index contributed by atoms with van der Waals surface area (Å²) < 4.78 is 16.3. The molecule has 2 aromatic rings. The van der Waals surface area contributed by atoms with Gasteiger partial charge in [-0.05, 0) is 39.9 Å². The van der Waals surface area contributed by atoms with Crippen LogP contribution in [-0.4, -0.2) is 37.2 Å². The molecule has 36 heavy (non-hydrogen) atoms. The molecular formula is C29H33BrO6. The number of alkyl halides is 1. The van der Waals surface area contributed by atoms with Crippen LogP contribution in [0.25, 0.3) is 12.2 Å². The van der Waals surface area contributed by atoms with Gasteiger partial charge in [0, 0.05) is 30.0 Å². The number of fused-ring (bicyclic) bond motifs is 1. The normalized spacial score (nSPS) is 19.9. The van der Waals surface area contributed by atoms with Crippen molar-refractivity contribution in [3.63, 3.8) is 0 Å². The molecule has 2 aromatic carbocycles. The van der Waals surface area contributed by atoms with Gasteiger partial charge >= 0.3 is 17.9 Å². The SMILES string of the molecule is COC(=O)c1ccc(C=Cc2cc3c(cc2CBr)C(C)(C)[C@@H](OC(C)=O)[C@@H](OC(C)=O)C3(C)C)cc1. The molecule has 0 saturated carbocycles. The molecule has 6 nitrogen and oxygen atoms in total. The van der Waals surface area contributed by atoms with E-state index in [4.69, 9.17) is 14.2 Å². The van der Waals surface area contributed by atoms with E-state index in [1.165, 1.54) is 21.0 Å². The van der Waals surface area contributed by atoms with Crippen LogP contribution in [0, 0.1) is 0 Å². The molecule has 0 unspecified atom stereocenters.